The summed E-state index contributed by atoms with van der Waals surface area (Å²) in [5, 5.41) is 4.57. The average molecular weight is 293 g/mol. The van der Waals surface area contributed by atoms with E-state index in [1.165, 1.54) is 30.6 Å². The minimum Gasteiger partial charge on any atom is -0.494 e. The van der Waals surface area contributed by atoms with Crippen molar-refractivity contribution in [2.45, 2.75) is 57.4 Å². The first-order valence-electron chi connectivity index (χ1n) is 7.88. The molecule has 1 fully saturated rings. The van der Waals surface area contributed by atoms with Crippen LogP contribution in [-0.2, 0) is 6.54 Å². The van der Waals surface area contributed by atoms with E-state index in [9.17, 15) is 0 Å². The SMILES string of the molecule is CCCOc1ccc(CNC2CCC(SCC)C2)cc1. The molecule has 0 heterocycles. The minimum absolute atomic E-state index is 0.704. The molecule has 0 aromatic heterocycles. The van der Waals surface area contributed by atoms with Gasteiger partial charge in [-0.3, -0.25) is 0 Å². The van der Waals surface area contributed by atoms with E-state index < -0.39 is 0 Å². The summed E-state index contributed by atoms with van der Waals surface area (Å²) in [6, 6.07) is 9.21. The zero-order valence-corrected chi connectivity index (χ0v) is 13.5. The molecular weight excluding hydrogens is 266 g/mol. The Balaban J connectivity index is 1.71. The topological polar surface area (TPSA) is 21.3 Å². The highest BCUT2D eigenvalue weighted by molar-refractivity contribution is 7.99. The molecule has 1 saturated carbocycles. The van der Waals surface area contributed by atoms with E-state index in [1.807, 2.05) is 0 Å². The number of hydrogen-bond acceptors (Lipinski definition) is 3. The Morgan fingerprint density at radius 1 is 1.20 bits per heavy atom. The fourth-order valence-corrected chi connectivity index (χ4v) is 3.84. The maximum absolute atomic E-state index is 5.61. The van der Waals surface area contributed by atoms with Gasteiger partial charge in [0.2, 0.25) is 0 Å². The summed E-state index contributed by atoms with van der Waals surface area (Å²) >= 11 is 2.12. The molecule has 20 heavy (non-hydrogen) atoms. The molecule has 1 N–H and O–H groups in total. The van der Waals surface area contributed by atoms with Crippen LogP contribution in [0, 0.1) is 0 Å². The summed E-state index contributed by atoms with van der Waals surface area (Å²) in [6.07, 6.45) is 5.09. The molecule has 2 unspecified atom stereocenters. The van der Waals surface area contributed by atoms with Crippen LogP contribution in [0.3, 0.4) is 0 Å². The highest BCUT2D eigenvalue weighted by Gasteiger charge is 2.23. The van der Waals surface area contributed by atoms with Gasteiger partial charge in [-0.2, -0.15) is 11.8 Å². The van der Waals surface area contributed by atoms with Gasteiger partial charge in [0.25, 0.3) is 0 Å². The molecule has 1 aromatic carbocycles. The quantitative estimate of drug-likeness (QED) is 0.774. The predicted molar refractivity (Wildman–Crippen MR) is 88.6 cm³/mol. The second-order valence-corrected chi connectivity index (χ2v) is 7.04. The fraction of sp³-hybridized carbons (Fsp3) is 0.647. The molecule has 3 heteroatoms. The van der Waals surface area contributed by atoms with Crippen molar-refractivity contribution >= 4 is 11.8 Å². The molecular formula is C17H27NOS. The Hall–Kier alpha value is -0.670. The Kier molecular flexibility index (Phi) is 6.74. The molecule has 0 bridgehead atoms. The van der Waals surface area contributed by atoms with Gasteiger partial charge >= 0.3 is 0 Å². The van der Waals surface area contributed by atoms with Crippen molar-refractivity contribution in [3.63, 3.8) is 0 Å². The number of hydrogen-bond donors (Lipinski definition) is 1. The summed E-state index contributed by atoms with van der Waals surface area (Å²) in [5.41, 5.74) is 1.35. The highest BCUT2D eigenvalue weighted by atomic mass is 32.2. The van der Waals surface area contributed by atoms with Crippen LogP contribution in [-0.4, -0.2) is 23.7 Å². The molecule has 1 aliphatic rings. The van der Waals surface area contributed by atoms with Crippen molar-refractivity contribution in [2.75, 3.05) is 12.4 Å². The lowest BCUT2D eigenvalue weighted by atomic mass is 10.2. The Bertz CT molecular complexity index is 379. The van der Waals surface area contributed by atoms with Crippen molar-refractivity contribution in [3.8, 4) is 5.75 Å². The van der Waals surface area contributed by atoms with Crippen LogP contribution in [0.1, 0.15) is 45.1 Å². The van der Waals surface area contributed by atoms with Gasteiger partial charge in [0.1, 0.15) is 5.75 Å². The number of thioether (sulfide) groups is 1. The molecule has 2 nitrogen and oxygen atoms in total. The van der Waals surface area contributed by atoms with E-state index in [4.69, 9.17) is 4.74 Å². The third kappa shape index (κ3) is 5.02. The molecule has 2 atom stereocenters. The first-order valence-corrected chi connectivity index (χ1v) is 8.93. The van der Waals surface area contributed by atoms with Crippen molar-refractivity contribution in [2.24, 2.45) is 0 Å². The molecule has 0 spiro atoms. The van der Waals surface area contributed by atoms with Gasteiger partial charge in [0.05, 0.1) is 6.61 Å². The van der Waals surface area contributed by atoms with E-state index in [0.29, 0.717) is 6.04 Å². The second-order valence-electron chi connectivity index (χ2n) is 5.46. The lowest BCUT2D eigenvalue weighted by molar-refractivity contribution is 0.317. The molecule has 2 rings (SSSR count). The summed E-state index contributed by atoms with van der Waals surface area (Å²) in [5.74, 6) is 2.23. The highest BCUT2D eigenvalue weighted by Crippen LogP contribution is 2.29. The van der Waals surface area contributed by atoms with E-state index in [2.05, 4.69) is 55.2 Å². The van der Waals surface area contributed by atoms with Gasteiger partial charge in [0.15, 0.2) is 0 Å². The minimum atomic E-state index is 0.704. The zero-order chi connectivity index (χ0) is 14.2. The standard InChI is InChI=1S/C17H27NOS/c1-3-11-19-16-8-5-14(6-9-16)13-18-15-7-10-17(12-15)20-4-2/h5-6,8-9,15,17-18H,3-4,7,10-13H2,1-2H3. The number of rotatable bonds is 8. The van der Waals surface area contributed by atoms with Crippen LogP contribution in [0.15, 0.2) is 24.3 Å². The smallest absolute Gasteiger partial charge is 0.119 e. The van der Waals surface area contributed by atoms with Crippen LogP contribution in [0.5, 0.6) is 5.75 Å². The van der Waals surface area contributed by atoms with Crippen molar-refractivity contribution in [3.05, 3.63) is 29.8 Å². The van der Waals surface area contributed by atoms with Gasteiger partial charge in [0, 0.05) is 17.8 Å². The molecule has 0 aliphatic heterocycles. The largest absolute Gasteiger partial charge is 0.494 e. The molecule has 0 amide bonds. The van der Waals surface area contributed by atoms with Crippen LogP contribution in [0.4, 0.5) is 0 Å². The van der Waals surface area contributed by atoms with Crippen molar-refractivity contribution < 1.29 is 4.74 Å². The van der Waals surface area contributed by atoms with E-state index >= 15 is 0 Å². The lowest BCUT2D eigenvalue weighted by Crippen LogP contribution is -2.26. The summed E-state index contributed by atoms with van der Waals surface area (Å²) in [7, 11) is 0. The summed E-state index contributed by atoms with van der Waals surface area (Å²) in [4.78, 5) is 0. The van der Waals surface area contributed by atoms with Crippen LogP contribution >= 0.6 is 11.8 Å². The fourth-order valence-electron chi connectivity index (χ4n) is 2.70. The molecule has 1 aliphatic carbocycles. The van der Waals surface area contributed by atoms with E-state index in [1.54, 1.807) is 0 Å². The maximum Gasteiger partial charge on any atom is 0.119 e. The first kappa shape index (κ1) is 15.7. The Labute approximate surface area is 127 Å². The summed E-state index contributed by atoms with van der Waals surface area (Å²) < 4.78 is 5.61. The van der Waals surface area contributed by atoms with Crippen molar-refractivity contribution in [1.29, 1.82) is 0 Å². The molecule has 112 valence electrons. The van der Waals surface area contributed by atoms with Crippen LogP contribution in [0.2, 0.25) is 0 Å². The molecule has 0 saturated heterocycles. The molecule has 1 aromatic rings. The third-order valence-corrected chi connectivity index (χ3v) is 5.01. The Morgan fingerprint density at radius 3 is 2.70 bits per heavy atom. The normalized spacial score (nSPS) is 22.1. The predicted octanol–water partition coefficient (Wildman–Crippen LogP) is 4.24. The van der Waals surface area contributed by atoms with Gasteiger partial charge in [-0.05, 0) is 49.1 Å². The third-order valence-electron chi connectivity index (χ3n) is 3.78. The van der Waals surface area contributed by atoms with Gasteiger partial charge in [-0.15, -0.1) is 0 Å². The van der Waals surface area contributed by atoms with Gasteiger partial charge in [-0.25, -0.2) is 0 Å². The van der Waals surface area contributed by atoms with E-state index in [0.717, 1.165) is 30.6 Å². The second kappa shape index (κ2) is 8.58. The average Bonchev–Trinajstić information content (AvgIpc) is 2.92. The van der Waals surface area contributed by atoms with Crippen molar-refractivity contribution in [1.82, 2.24) is 5.32 Å². The van der Waals surface area contributed by atoms with Crippen LogP contribution < -0.4 is 10.1 Å². The van der Waals surface area contributed by atoms with Gasteiger partial charge < -0.3 is 10.1 Å². The van der Waals surface area contributed by atoms with Crippen LogP contribution in [0.25, 0.3) is 0 Å². The number of nitrogens with one attached hydrogen (secondary N) is 1. The molecule has 0 radical (unpaired) electrons. The first-order chi connectivity index (χ1) is 9.81. The monoisotopic (exact) mass is 293 g/mol. The maximum atomic E-state index is 5.61. The van der Waals surface area contributed by atoms with E-state index in [-0.39, 0.29) is 0 Å². The summed E-state index contributed by atoms with van der Waals surface area (Å²) in [6.45, 7) is 6.16. The number of benzene rings is 1. The Morgan fingerprint density at radius 2 is 2.00 bits per heavy atom. The number of ether oxygens (including phenoxy) is 1. The zero-order valence-electron chi connectivity index (χ0n) is 12.7. The van der Waals surface area contributed by atoms with Gasteiger partial charge in [-0.1, -0.05) is 26.0 Å². The lowest BCUT2D eigenvalue weighted by Gasteiger charge is -2.13.